The van der Waals surface area contributed by atoms with Crippen molar-refractivity contribution in [3.8, 4) is 5.75 Å². The Kier molecular flexibility index (Phi) is 8.29. The monoisotopic (exact) mass is 390 g/mol. The molecular formula is C21H30N2O5. The Morgan fingerprint density at radius 3 is 2.79 bits per heavy atom. The Morgan fingerprint density at radius 2 is 2.07 bits per heavy atom. The molecule has 7 nitrogen and oxygen atoms in total. The first-order chi connectivity index (χ1) is 13.4. The van der Waals surface area contributed by atoms with Crippen molar-refractivity contribution in [2.24, 2.45) is 0 Å². The van der Waals surface area contributed by atoms with E-state index in [0.29, 0.717) is 31.0 Å². The smallest absolute Gasteiger partial charge is 0.308 e. The molecule has 1 unspecified atom stereocenters. The second-order valence-corrected chi connectivity index (χ2v) is 7.13. The Bertz CT molecular complexity index is 689. The summed E-state index contributed by atoms with van der Waals surface area (Å²) in [6, 6.07) is 6.00. The lowest BCUT2D eigenvalue weighted by Gasteiger charge is -2.34. The zero-order valence-electron chi connectivity index (χ0n) is 16.9. The summed E-state index contributed by atoms with van der Waals surface area (Å²) in [5, 5.41) is 2.72. The third-order valence-electron chi connectivity index (χ3n) is 4.42. The molecule has 1 saturated heterocycles. The molecule has 0 saturated carbocycles. The summed E-state index contributed by atoms with van der Waals surface area (Å²) in [4.78, 5) is 38.9. The number of esters is 1. The fourth-order valence-electron chi connectivity index (χ4n) is 3.06. The predicted octanol–water partition coefficient (Wildman–Crippen LogP) is 2.54. The number of carbonyl (C=O) groups is 3. The normalized spacial score (nSPS) is 16.6. The van der Waals surface area contributed by atoms with Crippen LogP contribution in [0.1, 0.15) is 56.8 Å². The van der Waals surface area contributed by atoms with Crippen molar-refractivity contribution in [2.75, 3.05) is 19.7 Å². The van der Waals surface area contributed by atoms with Crippen LogP contribution in [0.15, 0.2) is 24.3 Å². The van der Waals surface area contributed by atoms with Crippen molar-refractivity contribution >= 4 is 17.8 Å². The van der Waals surface area contributed by atoms with E-state index in [1.54, 1.807) is 24.3 Å². The zero-order chi connectivity index (χ0) is 20.5. The number of hydrogen-bond donors (Lipinski definition) is 1. The number of nitrogens with one attached hydrogen (secondary N) is 1. The van der Waals surface area contributed by atoms with Crippen molar-refractivity contribution in [3.05, 3.63) is 29.8 Å². The van der Waals surface area contributed by atoms with E-state index in [1.165, 1.54) is 4.90 Å². The van der Waals surface area contributed by atoms with Gasteiger partial charge in [0, 0.05) is 18.7 Å². The molecule has 1 fully saturated rings. The van der Waals surface area contributed by atoms with E-state index in [2.05, 4.69) is 12.2 Å². The number of benzene rings is 1. The lowest BCUT2D eigenvalue weighted by atomic mass is 10.1. The van der Waals surface area contributed by atoms with E-state index in [9.17, 15) is 14.4 Å². The van der Waals surface area contributed by atoms with Gasteiger partial charge in [0.2, 0.25) is 5.91 Å². The average Bonchev–Trinajstić information content (AvgIpc) is 2.66. The molecule has 0 aromatic heterocycles. The van der Waals surface area contributed by atoms with Gasteiger partial charge < -0.3 is 19.7 Å². The molecular weight excluding hydrogens is 360 g/mol. The quantitative estimate of drug-likeness (QED) is 0.517. The maximum atomic E-state index is 13.0. The molecule has 2 rings (SSSR count). The molecule has 154 valence electrons. The van der Waals surface area contributed by atoms with Gasteiger partial charge in [0.05, 0.1) is 19.1 Å². The van der Waals surface area contributed by atoms with Crippen LogP contribution < -0.4 is 10.1 Å². The summed E-state index contributed by atoms with van der Waals surface area (Å²) in [6.45, 7) is 6.92. The number of amides is 2. The van der Waals surface area contributed by atoms with E-state index in [0.717, 1.165) is 19.3 Å². The van der Waals surface area contributed by atoms with E-state index in [1.807, 2.05) is 13.8 Å². The van der Waals surface area contributed by atoms with Gasteiger partial charge in [-0.25, -0.2) is 0 Å². The molecule has 1 aromatic rings. The molecule has 7 heteroatoms. The van der Waals surface area contributed by atoms with E-state index in [4.69, 9.17) is 9.47 Å². The SMILES string of the molecule is CCCCCOC(=O)CC1C(=O)NCCN1C(=O)c1cccc(OC(C)C)c1. The average molecular weight is 390 g/mol. The summed E-state index contributed by atoms with van der Waals surface area (Å²) in [5.41, 5.74) is 0.425. The van der Waals surface area contributed by atoms with Crippen LogP contribution >= 0.6 is 0 Å². The van der Waals surface area contributed by atoms with Crippen LogP contribution in [0.3, 0.4) is 0 Å². The van der Waals surface area contributed by atoms with Crippen LogP contribution in [0.25, 0.3) is 0 Å². The molecule has 0 bridgehead atoms. The molecule has 1 N–H and O–H groups in total. The highest BCUT2D eigenvalue weighted by atomic mass is 16.5. The molecule has 1 aromatic carbocycles. The molecule has 0 aliphatic carbocycles. The third-order valence-corrected chi connectivity index (χ3v) is 4.42. The van der Waals surface area contributed by atoms with Gasteiger partial charge in [-0.2, -0.15) is 0 Å². The molecule has 1 heterocycles. The highest BCUT2D eigenvalue weighted by Crippen LogP contribution is 2.19. The minimum atomic E-state index is -0.866. The lowest BCUT2D eigenvalue weighted by Crippen LogP contribution is -2.57. The predicted molar refractivity (Wildman–Crippen MR) is 105 cm³/mol. The fraction of sp³-hybridized carbons (Fsp3) is 0.571. The molecule has 28 heavy (non-hydrogen) atoms. The maximum absolute atomic E-state index is 13.0. The number of nitrogens with zero attached hydrogens (tertiary/aromatic N) is 1. The molecule has 0 spiro atoms. The highest BCUT2D eigenvalue weighted by Gasteiger charge is 2.35. The first-order valence-electron chi connectivity index (χ1n) is 9.93. The number of ether oxygens (including phenoxy) is 2. The molecule has 1 aliphatic heterocycles. The first-order valence-corrected chi connectivity index (χ1v) is 9.93. The Labute approximate surface area is 166 Å². The third kappa shape index (κ3) is 6.25. The summed E-state index contributed by atoms with van der Waals surface area (Å²) in [5.74, 6) is -0.505. The second-order valence-electron chi connectivity index (χ2n) is 7.13. The number of hydrogen-bond acceptors (Lipinski definition) is 5. The van der Waals surface area contributed by atoms with Crippen LogP contribution in [-0.2, 0) is 14.3 Å². The Balaban J connectivity index is 2.07. The van der Waals surface area contributed by atoms with Crippen LogP contribution in [-0.4, -0.2) is 54.5 Å². The van der Waals surface area contributed by atoms with E-state index < -0.39 is 12.0 Å². The summed E-state index contributed by atoms with van der Waals surface area (Å²) >= 11 is 0. The van der Waals surface area contributed by atoms with Gasteiger partial charge in [-0.1, -0.05) is 25.8 Å². The van der Waals surface area contributed by atoms with Gasteiger partial charge in [0.15, 0.2) is 0 Å². The van der Waals surface area contributed by atoms with Crippen molar-refractivity contribution in [1.29, 1.82) is 0 Å². The molecule has 1 atom stereocenters. The minimum absolute atomic E-state index is 0.0126. The largest absolute Gasteiger partial charge is 0.491 e. The lowest BCUT2D eigenvalue weighted by molar-refractivity contribution is -0.147. The topological polar surface area (TPSA) is 84.9 Å². The number of carbonyl (C=O) groups excluding carboxylic acids is 3. The summed E-state index contributed by atoms with van der Waals surface area (Å²) in [7, 11) is 0. The number of rotatable bonds is 9. The summed E-state index contributed by atoms with van der Waals surface area (Å²) < 4.78 is 10.9. The highest BCUT2D eigenvalue weighted by molar-refractivity contribution is 5.99. The number of unbranched alkanes of at least 4 members (excludes halogenated alkanes) is 2. The maximum Gasteiger partial charge on any atom is 0.308 e. The second kappa shape index (κ2) is 10.7. The van der Waals surface area contributed by atoms with Crippen molar-refractivity contribution in [3.63, 3.8) is 0 Å². The Morgan fingerprint density at radius 1 is 1.29 bits per heavy atom. The van der Waals surface area contributed by atoms with Crippen LogP contribution in [0.2, 0.25) is 0 Å². The molecule has 1 aliphatic rings. The minimum Gasteiger partial charge on any atom is -0.491 e. The zero-order valence-corrected chi connectivity index (χ0v) is 16.9. The van der Waals surface area contributed by atoms with Gasteiger partial charge in [-0.05, 0) is 38.5 Å². The fourth-order valence-corrected chi connectivity index (χ4v) is 3.06. The van der Waals surface area contributed by atoms with Crippen LogP contribution in [0.4, 0.5) is 0 Å². The summed E-state index contributed by atoms with van der Waals surface area (Å²) in [6.07, 6.45) is 2.65. The number of piperazine rings is 1. The van der Waals surface area contributed by atoms with Crippen molar-refractivity contribution in [2.45, 2.75) is 58.6 Å². The van der Waals surface area contributed by atoms with Gasteiger partial charge in [0.25, 0.3) is 5.91 Å². The molecule has 0 radical (unpaired) electrons. The first kappa shape index (κ1) is 21.7. The Hall–Kier alpha value is -2.57. The molecule has 2 amide bonds. The van der Waals surface area contributed by atoms with Crippen molar-refractivity contribution in [1.82, 2.24) is 10.2 Å². The van der Waals surface area contributed by atoms with Gasteiger partial charge >= 0.3 is 5.97 Å². The van der Waals surface area contributed by atoms with E-state index in [-0.39, 0.29) is 24.3 Å². The van der Waals surface area contributed by atoms with Gasteiger partial charge in [-0.3, -0.25) is 14.4 Å². The standard InChI is InChI=1S/C21H30N2O5/c1-4-5-6-12-27-19(24)14-18-20(25)22-10-11-23(18)21(26)16-8-7-9-17(13-16)28-15(2)3/h7-9,13,15,18H,4-6,10-12,14H2,1-3H3,(H,22,25). The van der Waals surface area contributed by atoms with Crippen LogP contribution in [0.5, 0.6) is 5.75 Å². The van der Waals surface area contributed by atoms with E-state index >= 15 is 0 Å². The van der Waals surface area contributed by atoms with Gasteiger partial charge in [0.1, 0.15) is 11.8 Å². The van der Waals surface area contributed by atoms with Gasteiger partial charge in [-0.15, -0.1) is 0 Å². The van der Waals surface area contributed by atoms with Crippen molar-refractivity contribution < 1.29 is 23.9 Å². The van der Waals surface area contributed by atoms with Crippen LogP contribution in [0, 0.1) is 0 Å².